The molecule has 0 saturated carbocycles. The second-order valence-electron chi connectivity index (χ2n) is 5.51. The molecule has 108 valence electrons. The van der Waals surface area contributed by atoms with E-state index in [0.717, 1.165) is 30.3 Å². The van der Waals surface area contributed by atoms with Crippen LogP contribution in [0.3, 0.4) is 0 Å². The van der Waals surface area contributed by atoms with Crippen LogP contribution in [0.5, 0.6) is 0 Å². The van der Waals surface area contributed by atoms with Gasteiger partial charge in [0.15, 0.2) is 0 Å². The average molecular weight is 302 g/mol. The van der Waals surface area contributed by atoms with Crippen molar-refractivity contribution in [2.75, 3.05) is 13.1 Å². The zero-order valence-electron chi connectivity index (χ0n) is 11.8. The molecule has 0 bridgehead atoms. The summed E-state index contributed by atoms with van der Waals surface area (Å²) >= 11 is 6.02. The number of aryl methyl sites for hydroxylation is 1. The molecule has 1 aliphatic rings. The van der Waals surface area contributed by atoms with Crippen LogP contribution in [0, 0.1) is 17.2 Å². The molecular weight excluding hydrogens is 286 g/mol. The van der Waals surface area contributed by atoms with Crippen LogP contribution in [-0.2, 0) is 7.05 Å². The molecule has 0 N–H and O–H groups in total. The Bertz CT molecular complexity index is 744. The van der Waals surface area contributed by atoms with Crippen molar-refractivity contribution >= 4 is 28.4 Å². The summed E-state index contributed by atoms with van der Waals surface area (Å²) in [6.07, 6.45) is 1.77. The Morgan fingerprint density at radius 1 is 1.43 bits per heavy atom. The van der Waals surface area contributed by atoms with E-state index >= 15 is 0 Å². The van der Waals surface area contributed by atoms with Gasteiger partial charge in [0.25, 0.3) is 5.91 Å². The zero-order valence-corrected chi connectivity index (χ0v) is 12.6. The molecule has 0 aliphatic carbocycles. The van der Waals surface area contributed by atoms with Crippen LogP contribution in [-0.4, -0.2) is 28.5 Å². The molecule has 2 aromatic rings. The fourth-order valence-corrected chi connectivity index (χ4v) is 3.10. The zero-order chi connectivity index (χ0) is 15.0. The van der Waals surface area contributed by atoms with Gasteiger partial charge in [-0.3, -0.25) is 4.79 Å². The van der Waals surface area contributed by atoms with E-state index in [0.29, 0.717) is 17.3 Å². The number of likely N-dealkylation sites (tertiary alicyclic amines) is 1. The van der Waals surface area contributed by atoms with Crippen molar-refractivity contribution in [3.05, 3.63) is 35.0 Å². The molecule has 1 atom stereocenters. The highest BCUT2D eigenvalue weighted by molar-refractivity contribution is 6.31. The summed E-state index contributed by atoms with van der Waals surface area (Å²) in [5, 5.41) is 10.7. The highest BCUT2D eigenvalue weighted by Gasteiger charge is 2.26. The van der Waals surface area contributed by atoms with E-state index in [1.165, 1.54) is 0 Å². The number of piperidine rings is 1. The fraction of sp³-hybridized carbons (Fsp3) is 0.375. The highest BCUT2D eigenvalue weighted by atomic mass is 35.5. The van der Waals surface area contributed by atoms with Crippen molar-refractivity contribution in [2.24, 2.45) is 13.0 Å². The maximum absolute atomic E-state index is 12.7. The summed E-state index contributed by atoms with van der Waals surface area (Å²) < 4.78 is 1.87. The standard InChI is InChI=1S/C16H16ClN3O/c1-19-14-8-13(17)5-4-12(14)7-15(19)16(21)20-6-2-3-11(9-18)10-20/h4-5,7-8,11H,2-3,6,10H2,1H3/t11-/m1/s1. The van der Waals surface area contributed by atoms with Crippen molar-refractivity contribution in [3.8, 4) is 6.07 Å². The minimum absolute atomic E-state index is 0.00947. The number of carbonyl (C=O) groups is 1. The predicted molar refractivity (Wildman–Crippen MR) is 82.2 cm³/mol. The normalized spacial score (nSPS) is 18.7. The lowest BCUT2D eigenvalue weighted by Crippen LogP contribution is -2.40. The SMILES string of the molecule is Cn1c(C(=O)N2CCC[C@H](C#N)C2)cc2ccc(Cl)cc21. The molecule has 1 aliphatic heterocycles. The van der Waals surface area contributed by atoms with E-state index in [1.54, 1.807) is 4.90 Å². The third-order valence-electron chi connectivity index (χ3n) is 4.12. The van der Waals surface area contributed by atoms with E-state index in [1.807, 2.05) is 35.9 Å². The smallest absolute Gasteiger partial charge is 0.270 e. The van der Waals surface area contributed by atoms with Crippen molar-refractivity contribution in [3.63, 3.8) is 0 Å². The van der Waals surface area contributed by atoms with Gasteiger partial charge in [-0.25, -0.2) is 0 Å². The van der Waals surface area contributed by atoms with Crippen molar-refractivity contribution in [2.45, 2.75) is 12.8 Å². The average Bonchev–Trinajstić information content (AvgIpc) is 2.83. The number of nitriles is 1. The lowest BCUT2D eigenvalue weighted by molar-refractivity contribution is 0.0689. The van der Waals surface area contributed by atoms with Gasteiger partial charge in [0.05, 0.1) is 12.0 Å². The van der Waals surface area contributed by atoms with Crippen molar-refractivity contribution in [1.82, 2.24) is 9.47 Å². The minimum Gasteiger partial charge on any atom is -0.340 e. The Morgan fingerprint density at radius 3 is 3.00 bits per heavy atom. The molecule has 4 nitrogen and oxygen atoms in total. The number of hydrogen-bond acceptors (Lipinski definition) is 2. The summed E-state index contributed by atoms with van der Waals surface area (Å²) in [5.74, 6) is -0.0587. The maximum atomic E-state index is 12.7. The number of carbonyl (C=O) groups excluding carboxylic acids is 1. The molecule has 3 rings (SSSR count). The summed E-state index contributed by atoms with van der Waals surface area (Å²) in [7, 11) is 1.87. The second kappa shape index (κ2) is 5.42. The Balaban J connectivity index is 1.95. The van der Waals surface area contributed by atoms with Gasteiger partial charge in [0, 0.05) is 36.1 Å². The van der Waals surface area contributed by atoms with Crippen LogP contribution in [0.15, 0.2) is 24.3 Å². The number of hydrogen-bond donors (Lipinski definition) is 0. The van der Waals surface area contributed by atoms with Crippen LogP contribution in [0.2, 0.25) is 5.02 Å². The molecule has 1 aromatic carbocycles. The van der Waals surface area contributed by atoms with Crippen molar-refractivity contribution < 1.29 is 4.79 Å². The van der Waals surface area contributed by atoms with Crippen LogP contribution < -0.4 is 0 Å². The first-order valence-corrected chi connectivity index (χ1v) is 7.42. The van der Waals surface area contributed by atoms with Gasteiger partial charge in [0.1, 0.15) is 5.69 Å². The number of nitrogens with zero attached hydrogens (tertiary/aromatic N) is 3. The highest BCUT2D eigenvalue weighted by Crippen LogP contribution is 2.25. The first-order valence-electron chi connectivity index (χ1n) is 7.04. The van der Waals surface area contributed by atoms with Gasteiger partial charge < -0.3 is 9.47 Å². The van der Waals surface area contributed by atoms with Gasteiger partial charge in [-0.15, -0.1) is 0 Å². The molecule has 1 aromatic heterocycles. The van der Waals surface area contributed by atoms with Gasteiger partial charge in [-0.2, -0.15) is 5.26 Å². The first-order chi connectivity index (χ1) is 10.1. The van der Waals surface area contributed by atoms with E-state index < -0.39 is 0 Å². The predicted octanol–water partition coefficient (Wildman–Crippen LogP) is 3.21. The fourth-order valence-electron chi connectivity index (χ4n) is 2.94. The number of halogens is 1. The Morgan fingerprint density at radius 2 is 2.24 bits per heavy atom. The van der Waals surface area contributed by atoms with E-state index in [4.69, 9.17) is 16.9 Å². The van der Waals surface area contributed by atoms with Crippen molar-refractivity contribution in [1.29, 1.82) is 5.26 Å². The van der Waals surface area contributed by atoms with E-state index in [2.05, 4.69) is 6.07 Å². The number of benzene rings is 1. The molecule has 5 heteroatoms. The molecule has 1 saturated heterocycles. The molecule has 0 spiro atoms. The first kappa shape index (κ1) is 14.0. The summed E-state index contributed by atoms with van der Waals surface area (Å²) in [4.78, 5) is 14.5. The van der Waals surface area contributed by atoms with E-state index in [-0.39, 0.29) is 11.8 Å². The summed E-state index contributed by atoms with van der Waals surface area (Å²) in [6.45, 7) is 1.25. The van der Waals surface area contributed by atoms with Crippen LogP contribution in [0.25, 0.3) is 10.9 Å². The molecule has 1 fully saturated rings. The Hall–Kier alpha value is -1.99. The Labute approximate surface area is 128 Å². The van der Waals surface area contributed by atoms with Crippen LogP contribution in [0.1, 0.15) is 23.3 Å². The molecule has 21 heavy (non-hydrogen) atoms. The second-order valence-corrected chi connectivity index (χ2v) is 5.95. The summed E-state index contributed by atoms with van der Waals surface area (Å²) in [5.41, 5.74) is 1.59. The quantitative estimate of drug-likeness (QED) is 0.812. The number of fused-ring (bicyclic) bond motifs is 1. The third kappa shape index (κ3) is 2.50. The number of aromatic nitrogens is 1. The monoisotopic (exact) mass is 301 g/mol. The lowest BCUT2D eigenvalue weighted by atomic mass is 9.99. The van der Waals surface area contributed by atoms with Crippen LogP contribution in [0.4, 0.5) is 0 Å². The van der Waals surface area contributed by atoms with Gasteiger partial charge in [-0.1, -0.05) is 17.7 Å². The molecule has 0 unspecified atom stereocenters. The number of amides is 1. The topological polar surface area (TPSA) is 49.0 Å². The molecular formula is C16H16ClN3O. The molecule has 0 radical (unpaired) electrons. The largest absolute Gasteiger partial charge is 0.340 e. The minimum atomic E-state index is -0.0492. The maximum Gasteiger partial charge on any atom is 0.270 e. The van der Waals surface area contributed by atoms with Gasteiger partial charge in [-0.05, 0) is 31.0 Å². The number of rotatable bonds is 1. The van der Waals surface area contributed by atoms with Gasteiger partial charge >= 0.3 is 0 Å². The van der Waals surface area contributed by atoms with Gasteiger partial charge in [0.2, 0.25) is 0 Å². The van der Waals surface area contributed by atoms with E-state index in [9.17, 15) is 4.79 Å². The lowest BCUT2D eigenvalue weighted by Gasteiger charge is -2.29. The molecule has 1 amide bonds. The third-order valence-corrected chi connectivity index (χ3v) is 4.35. The Kier molecular flexibility index (Phi) is 3.60. The summed E-state index contributed by atoms with van der Waals surface area (Å²) in [6, 6.07) is 9.77. The van der Waals surface area contributed by atoms with Crippen LogP contribution >= 0.6 is 11.6 Å². The molecule has 2 heterocycles.